The van der Waals surface area contributed by atoms with E-state index in [-0.39, 0.29) is 0 Å². The molecule has 1 rings (SSSR count). The van der Waals surface area contributed by atoms with Gasteiger partial charge in [0.25, 0.3) is 0 Å². The molecular weight excluding hydrogens is 154 g/mol. The Balaban J connectivity index is 1.90. The van der Waals surface area contributed by atoms with Crippen LogP contribution in [-0.2, 0) is 0 Å². The van der Waals surface area contributed by atoms with Gasteiger partial charge in [-0.05, 0) is 36.8 Å². The van der Waals surface area contributed by atoms with Crippen molar-refractivity contribution in [2.45, 2.75) is 32.7 Å². The van der Waals surface area contributed by atoms with Gasteiger partial charge in [0.15, 0.2) is 0 Å². The minimum atomic E-state index is 0.597. The third-order valence-electron chi connectivity index (χ3n) is 2.43. The van der Waals surface area contributed by atoms with Crippen molar-refractivity contribution in [3.8, 4) is 0 Å². The van der Waals surface area contributed by atoms with Crippen LogP contribution in [0.1, 0.15) is 26.7 Å². The first-order chi connectivity index (χ1) is 5.17. The number of hydrogen-bond donors (Lipinski definition) is 1. The van der Waals surface area contributed by atoms with Crippen molar-refractivity contribution >= 4 is 11.8 Å². The van der Waals surface area contributed by atoms with Crippen molar-refractivity contribution in [1.29, 1.82) is 0 Å². The highest BCUT2D eigenvalue weighted by Gasteiger charge is 2.44. The zero-order valence-corrected chi connectivity index (χ0v) is 8.63. The molecule has 0 saturated heterocycles. The fraction of sp³-hybridized carbons (Fsp3) is 1.00. The second-order valence-corrected chi connectivity index (χ2v) is 5.03. The smallest absolute Gasteiger partial charge is 0.0124 e. The molecule has 1 saturated carbocycles. The number of nitrogens with one attached hydrogen (secondary N) is 1. The van der Waals surface area contributed by atoms with Crippen molar-refractivity contribution in [3.05, 3.63) is 0 Å². The third kappa shape index (κ3) is 3.04. The highest BCUT2D eigenvalue weighted by Crippen LogP contribution is 2.44. The molecule has 0 aliphatic heterocycles. The second-order valence-electron chi connectivity index (χ2n) is 4.05. The molecule has 11 heavy (non-hydrogen) atoms. The predicted molar refractivity (Wildman–Crippen MR) is 53.2 cm³/mol. The predicted octanol–water partition coefficient (Wildman–Crippen LogP) is 2.13. The van der Waals surface area contributed by atoms with E-state index >= 15 is 0 Å². The maximum Gasteiger partial charge on any atom is 0.0124 e. The lowest BCUT2D eigenvalue weighted by molar-refractivity contribution is 0.542. The summed E-state index contributed by atoms with van der Waals surface area (Å²) in [6, 6.07) is 0.810. The van der Waals surface area contributed by atoms with Crippen LogP contribution in [0.4, 0.5) is 0 Å². The van der Waals surface area contributed by atoms with Gasteiger partial charge in [0.1, 0.15) is 0 Å². The number of rotatable bonds is 5. The minimum Gasteiger partial charge on any atom is -0.313 e. The molecule has 0 bridgehead atoms. The first-order valence-electron chi connectivity index (χ1n) is 4.39. The van der Waals surface area contributed by atoms with Gasteiger partial charge in [-0.2, -0.15) is 11.8 Å². The molecule has 0 aromatic heterocycles. The fourth-order valence-corrected chi connectivity index (χ4v) is 1.74. The van der Waals surface area contributed by atoms with Gasteiger partial charge in [0.05, 0.1) is 0 Å². The minimum absolute atomic E-state index is 0.597. The van der Waals surface area contributed by atoms with Crippen LogP contribution in [0, 0.1) is 5.41 Å². The Kier molecular flexibility index (Phi) is 3.26. The number of thioether (sulfide) groups is 1. The highest BCUT2D eigenvalue weighted by molar-refractivity contribution is 7.98. The average molecular weight is 173 g/mol. The molecular formula is C9H19NS. The lowest BCUT2D eigenvalue weighted by Crippen LogP contribution is -2.22. The molecule has 0 radical (unpaired) electrons. The van der Waals surface area contributed by atoms with Gasteiger partial charge in [-0.15, -0.1) is 0 Å². The van der Waals surface area contributed by atoms with Crippen LogP contribution in [0.15, 0.2) is 0 Å². The summed E-state index contributed by atoms with van der Waals surface area (Å²) in [7, 11) is 0. The molecule has 1 unspecified atom stereocenters. The molecule has 1 fully saturated rings. The first-order valence-corrected chi connectivity index (χ1v) is 5.78. The van der Waals surface area contributed by atoms with Crippen molar-refractivity contribution in [2.75, 3.05) is 18.6 Å². The largest absolute Gasteiger partial charge is 0.313 e. The van der Waals surface area contributed by atoms with E-state index in [9.17, 15) is 0 Å². The van der Waals surface area contributed by atoms with E-state index in [0.717, 1.165) is 6.04 Å². The zero-order valence-electron chi connectivity index (χ0n) is 7.81. The Morgan fingerprint density at radius 2 is 2.18 bits per heavy atom. The maximum atomic E-state index is 3.57. The van der Waals surface area contributed by atoms with Crippen LogP contribution >= 0.6 is 11.8 Å². The van der Waals surface area contributed by atoms with E-state index in [4.69, 9.17) is 0 Å². The Hall–Kier alpha value is 0.310. The maximum absolute atomic E-state index is 3.57. The van der Waals surface area contributed by atoms with E-state index < -0.39 is 0 Å². The van der Waals surface area contributed by atoms with Gasteiger partial charge in [0, 0.05) is 6.04 Å². The van der Waals surface area contributed by atoms with E-state index in [2.05, 4.69) is 25.4 Å². The van der Waals surface area contributed by atoms with Crippen LogP contribution in [0.2, 0.25) is 0 Å². The number of hydrogen-bond acceptors (Lipinski definition) is 2. The first kappa shape index (κ1) is 9.40. The van der Waals surface area contributed by atoms with Crippen LogP contribution in [0.3, 0.4) is 0 Å². The van der Waals surface area contributed by atoms with E-state index in [1.54, 1.807) is 0 Å². The lowest BCUT2D eigenvalue weighted by Gasteiger charge is -2.04. The summed E-state index contributed by atoms with van der Waals surface area (Å²) in [6.45, 7) is 5.87. The highest BCUT2D eigenvalue weighted by atomic mass is 32.2. The Bertz CT molecular complexity index is 123. The van der Waals surface area contributed by atoms with Crippen LogP contribution in [0.25, 0.3) is 0 Å². The quantitative estimate of drug-likeness (QED) is 0.639. The monoisotopic (exact) mass is 173 g/mol. The molecule has 0 spiro atoms. The van der Waals surface area contributed by atoms with E-state index in [0.29, 0.717) is 5.41 Å². The van der Waals surface area contributed by atoms with Crippen LogP contribution in [-0.4, -0.2) is 24.6 Å². The summed E-state index contributed by atoms with van der Waals surface area (Å²) in [5.41, 5.74) is 0.597. The third-order valence-corrected chi connectivity index (χ3v) is 3.13. The summed E-state index contributed by atoms with van der Waals surface area (Å²) in [4.78, 5) is 0. The summed E-state index contributed by atoms with van der Waals surface area (Å²) in [6.07, 6.45) is 4.85. The Morgan fingerprint density at radius 1 is 1.55 bits per heavy atom. The molecule has 0 amide bonds. The van der Waals surface area contributed by atoms with E-state index in [1.165, 1.54) is 25.1 Å². The van der Waals surface area contributed by atoms with E-state index in [1.807, 2.05) is 11.8 Å². The standard InChI is InChI=1S/C9H19NS/c1-9(2)7-8(9)10-5-4-6-11-3/h8,10H,4-7H2,1-3H3. The molecule has 0 aromatic rings. The SMILES string of the molecule is CSCCCNC1CC1(C)C. The summed E-state index contributed by atoms with van der Waals surface area (Å²) in [5, 5.41) is 3.57. The zero-order chi connectivity index (χ0) is 8.32. The molecule has 1 aliphatic carbocycles. The molecule has 0 aromatic carbocycles. The topological polar surface area (TPSA) is 12.0 Å². The Labute approximate surface area is 74.3 Å². The normalized spacial score (nSPS) is 27.0. The van der Waals surface area contributed by atoms with Gasteiger partial charge < -0.3 is 5.32 Å². The molecule has 0 heterocycles. The molecule has 1 N–H and O–H groups in total. The van der Waals surface area contributed by atoms with Gasteiger partial charge in [-0.3, -0.25) is 0 Å². The van der Waals surface area contributed by atoms with Crippen molar-refractivity contribution in [3.63, 3.8) is 0 Å². The summed E-state index contributed by atoms with van der Waals surface area (Å²) >= 11 is 1.93. The molecule has 2 heteroatoms. The molecule has 1 nitrogen and oxygen atoms in total. The lowest BCUT2D eigenvalue weighted by atomic mass is 10.2. The van der Waals surface area contributed by atoms with Crippen LogP contribution < -0.4 is 5.32 Å². The van der Waals surface area contributed by atoms with Gasteiger partial charge in [-0.25, -0.2) is 0 Å². The van der Waals surface area contributed by atoms with Crippen molar-refractivity contribution in [2.24, 2.45) is 5.41 Å². The van der Waals surface area contributed by atoms with Crippen molar-refractivity contribution < 1.29 is 0 Å². The van der Waals surface area contributed by atoms with Gasteiger partial charge in [-0.1, -0.05) is 13.8 Å². The fourth-order valence-electron chi connectivity index (χ4n) is 1.31. The Morgan fingerprint density at radius 3 is 2.64 bits per heavy atom. The summed E-state index contributed by atoms with van der Waals surface area (Å²) in [5.74, 6) is 1.29. The van der Waals surface area contributed by atoms with Gasteiger partial charge >= 0.3 is 0 Å². The average Bonchev–Trinajstić information content (AvgIpc) is 2.52. The van der Waals surface area contributed by atoms with Gasteiger partial charge in [0.2, 0.25) is 0 Å². The molecule has 1 aliphatic rings. The van der Waals surface area contributed by atoms with Crippen molar-refractivity contribution in [1.82, 2.24) is 5.32 Å². The second kappa shape index (κ2) is 3.81. The molecule has 66 valence electrons. The summed E-state index contributed by atoms with van der Waals surface area (Å²) < 4.78 is 0. The molecule has 1 atom stereocenters. The van der Waals surface area contributed by atoms with Crippen LogP contribution in [0.5, 0.6) is 0 Å².